The van der Waals surface area contributed by atoms with E-state index in [9.17, 15) is 14.4 Å². The van der Waals surface area contributed by atoms with Crippen LogP contribution in [-0.2, 0) is 0 Å². The minimum atomic E-state index is -0.500. The number of carbonyl (C=O) groups is 3. The quantitative estimate of drug-likeness (QED) is 0.433. The van der Waals surface area contributed by atoms with Crippen LogP contribution in [0.4, 0.5) is 4.79 Å². The van der Waals surface area contributed by atoms with Crippen LogP contribution in [0.1, 0.15) is 33.6 Å². The Morgan fingerprint density at radius 2 is 1.38 bits per heavy atom. The van der Waals surface area contributed by atoms with Crippen LogP contribution in [0.15, 0.2) is 84.9 Å². The maximum absolute atomic E-state index is 12.5. The van der Waals surface area contributed by atoms with E-state index >= 15 is 0 Å². The van der Waals surface area contributed by atoms with E-state index in [2.05, 4.69) is 5.32 Å². The van der Waals surface area contributed by atoms with E-state index in [0.29, 0.717) is 42.5 Å². The Bertz CT molecular complexity index is 1110. The number of rotatable bonds is 6. The number of carbonyl (C=O) groups excluding carboxylic acids is 3. The monoisotopic (exact) mass is 458 g/mol. The summed E-state index contributed by atoms with van der Waals surface area (Å²) >= 11 is 0. The zero-order valence-electron chi connectivity index (χ0n) is 18.7. The molecular formula is C27H26N2O5. The number of esters is 1. The highest BCUT2D eigenvalue weighted by Gasteiger charge is 2.24. The molecule has 3 aromatic carbocycles. The van der Waals surface area contributed by atoms with Crippen LogP contribution < -0.4 is 14.8 Å². The molecule has 1 aliphatic heterocycles. The minimum Gasteiger partial charge on any atom is -0.493 e. The van der Waals surface area contributed by atoms with Crippen molar-refractivity contribution in [1.29, 1.82) is 0 Å². The molecule has 7 nitrogen and oxygen atoms in total. The molecule has 7 heteroatoms. The Hall–Kier alpha value is -4.13. The molecule has 4 rings (SSSR count). The fourth-order valence-corrected chi connectivity index (χ4v) is 3.70. The molecular weight excluding hydrogens is 432 g/mol. The van der Waals surface area contributed by atoms with Gasteiger partial charge in [-0.15, -0.1) is 0 Å². The first kappa shape index (κ1) is 23.0. The SMILES string of the molecule is O=C(NC(=O)N1CCC(COc2ccccc2)CC1)c1ccc(OC(=O)c2ccccc2)cc1. The first-order valence-corrected chi connectivity index (χ1v) is 11.2. The topological polar surface area (TPSA) is 84.9 Å². The van der Waals surface area contributed by atoms with Crippen LogP contribution in [0.3, 0.4) is 0 Å². The predicted molar refractivity (Wildman–Crippen MR) is 127 cm³/mol. The summed E-state index contributed by atoms with van der Waals surface area (Å²) in [5, 5.41) is 2.43. The molecule has 1 aliphatic rings. The summed E-state index contributed by atoms with van der Waals surface area (Å²) < 4.78 is 11.1. The smallest absolute Gasteiger partial charge is 0.343 e. The third kappa shape index (κ3) is 6.22. The summed E-state index contributed by atoms with van der Waals surface area (Å²) in [6, 6.07) is 24.0. The highest BCUT2D eigenvalue weighted by Crippen LogP contribution is 2.20. The molecule has 0 unspecified atom stereocenters. The molecule has 174 valence electrons. The number of nitrogens with zero attached hydrogens (tertiary/aromatic N) is 1. The Labute approximate surface area is 198 Å². The van der Waals surface area contributed by atoms with Gasteiger partial charge in [-0.05, 0) is 67.3 Å². The summed E-state index contributed by atoms with van der Waals surface area (Å²) in [5.41, 5.74) is 0.740. The highest BCUT2D eigenvalue weighted by molar-refractivity contribution is 6.04. The largest absolute Gasteiger partial charge is 0.493 e. The van der Waals surface area contributed by atoms with Crippen LogP contribution >= 0.6 is 0 Å². The fraction of sp³-hybridized carbons (Fsp3) is 0.222. The lowest BCUT2D eigenvalue weighted by Gasteiger charge is -2.31. The number of imide groups is 1. The zero-order valence-corrected chi connectivity index (χ0v) is 18.7. The Morgan fingerprint density at radius 3 is 2.03 bits per heavy atom. The van der Waals surface area contributed by atoms with E-state index in [4.69, 9.17) is 9.47 Å². The number of para-hydroxylation sites is 1. The van der Waals surface area contributed by atoms with Gasteiger partial charge in [0.05, 0.1) is 12.2 Å². The highest BCUT2D eigenvalue weighted by atomic mass is 16.5. The van der Waals surface area contributed by atoms with E-state index in [1.807, 2.05) is 36.4 Å². The third-order valence-electron chi connectivity index (χ3n) is 5.69. The van der Waals surface area contributed by atoms with Gasteiger partial charge in [0.25, 0.3) is 5.91 Å². The minimum absolute atomic E-state index is 0.305. The van der Waals surface area contributed by atoms with Gasteiger partial charge in [0, 0.05) is 18.7 Å². The van der Waals surface area contributed by atoms with E-state index in [0.717, 1.165) is 18.6 Å². The molecule has 3 aromatic rings. The van der Waals surface area contributed by atoms with Crippen LogP contribution in [-0.4, -0.2) is 42.5 Å². The van der Waals surface area contributed by atoms with Crippen molar-refractivity contribution in [2.24, 2.45) is 5.92 Å². The molecule has 1 N–H and O–H groups in total. The Kier molecular flexibility index (Phi) is 7.55. The number of ether oxygens (including phenoxy) is 2. The number of hydrogen-bond acceptors (Lipinski definition) is 5. The van der Waals surface area contributed by atoms with Gasteiger partial charge in [-0.25, -0.2) is 9.59 Å². The van der Waals surface area contributed by atoms with Crippen molar-refractivity contribution >= 4 is 17.9 Å². The van der Waals surface area contributed by atoms with Crippen molar-refractivity contribution in [1.82, 2.24) is 10.2 Å². The number of urea groups is 1. The lowest BCUT2D eigenvalue weighted by Crippen LogP contribution is -2.47. The average Bonchev–Trinajstić information content (AvgIpc) is 2.89. The first-order chi connectivity index (χ1) is 16.6. The molecule has 3 amide bonds. The van der Waals surface area contributed by atoms with Crippen LogP contribution in [0, 0.1) is 5.92 Å². The molecule has 1 fully saturated rings. The lowest BCUT2D eigenvalue weighted by atomic mass is 9.98. The van der Waals surface area contributed by atoms with Crippen LogP contribution in [0.25, 0.3) is 0 Å². The van der Waals surface area contributed by atoms with Crippen molar-refractivity contribution < 1.29 is 23.9 Å². The standard InChI is InChI=1S/C27H26N2O5/c30-25(21-11-13-24(14-12-21)34-26(31)22-7-3-1-4-8-22)28-27(32)29-17-15-20(16-18-29)19-33-23-9-5-2-6-10-23/h1-14,20H,15-19H2,(H,28,30,32). The molecule has 0 saturated carbocycles. The van der Waals surface area contributed by atoms with Crippen molar-refractivity contribution in [3.8, 4) is 11.5 Å². The maximum Gasteiger partial charge on any atom is 0.343 e. The first-order valence-electron chi connectivity index (χ1n) is 11.2. The summed E-state index contributed by atoms with van der Waals surface area (Å²) in [6.45, 7) is 1.74. The van der Waals surface area contributed by atoms with Crippen molar-refractivity contribution in [2.75, 3.05) is 19.7 Å². The summed E-state index contributed by atoms with van der Waals surface area (Å²) in [7, 11) is 0. The van der Waals surface area contributed by atoms with E-state index in [1.165, 1.54) is 24.3 Å². The molecule has 0 aliphatic carbocycles. The van der Waals surface area contributed by atoms with E-state index in [-0.39, 0.29) is 0 Å². The molecule has 0 spiro atoms. The van der Waals surface area contributed by atoms with Gasteiger partial charge in [0.15, 0.2) is 0 Å². The van der Waals surface area contributed by atoms with E-state index in [1.54, 1.807) is 29.2 Å². The zero-order chi connectivity index (χ0) is 23.8. The van der Waals surface area contributed by atoms with Crippen molar-refractivity contribution in [3.05, 3.63) is 96.1 Å². The Morgan fingerprint density at radius 1 is 0.765 bits per heavy atom. The van der Waals surface area contributed by atoms with Crippen molar-refractivity contribution in [3.63, 3.8) is 0 Å². The second-order valence-corrected chi connectivity index (χ2v) is 8.09. The number of hydrogen-bond donors (Lipinski definition) is 1. The van der Waals surface area contributed by atoms with Gasteiger partial charge in [0.2, 0.25) is 0 Å². The van der Waals surface area contributed by atoms with Gasteiger partial charge in [-0.1, -0.05) is 36.4 Å². The van der Waals surface area contributed by atoms with Gasteiger partial charge >= 0.3 is 12.0 Å². The van der Waals surface area contributed by atoms with Gasteiger partial charge in [-0.2, -0.15) is 0 Å². The molecule has 34 heavy (non-hydrogen) atoms. The molecule has 1 heterocycles. The molecule has 0 aromatic heterocycles. The number of piperidine rings is 1. The van der Waals surface area contributed by atoms with Crippen molar-refractivity contribution in [2.45, 2.75) is 12.8 Å². The number of likely N-dealkylation sites (tertiary alicyclic amines) is 1. The number of benzene rings is 3. The average molecular weight is 459 g/mol. The fourth-order valence-electron chi connectivity index (χ4n) is 3.70. The normalized spacial score (nSPS) is 13.7. The molecule has 0 atom stereocenters. The van der Waals surface area contributed by atoms with Crippen LogP contribution in [0.2, 0.25) is 0 Å². The van der Waals surface area contributed by atoms with Crippen LogP contribution in [0.5, 0.6) is 11.5 Å². The summed E-state index contributed by atoms with van der Waals surface area (Å²) in [5.74, 6) is 0.544. The summed E-state index contributed by atoms with van der Waals surface area (Å²) in [6.07, 6.45) is 1.63. The third-order valence-corrected chi connectivity index (χ3v) is 5.69. The molecule has 0 radical (unpaired) electrons. The number of amides is 3. The summed E-state index contributed by atoms with van der Waals surface area (Å²) in [4.78, 5) is 38.8. The second kappa shape index (κ2) is 11.1. The Balaban J connectivity index is 1.22. The lowest BCUT2D eigenvalue weighted by molar-refractivity contribution is 0.0734. The van der Waals surface area contributed by atoms with E-state index < -0.39 is 17.9 Å². The number of nitrogens with one attached hydrogen (secondary N) is 1. The second-order valence-electron chi connectivity index (χ2n) is 8.09. The van der Waals surface area contributed by atoms with Gasteiger partial charge in [-0.3, -0.25) is 10.1 Å². The van der Waals surface area contributed by atoms with Gasteiger partial charge < -0.3 is 14.4 Å². The molecule has 1 saturated heterocycles. The van der Waals surface area contributed by atoms with Gasteiger partial charge in [0.1, 0.15) is 11.5 Å². The molecule has 0 bridgehead atoms. The maximum atomic E-state index is 12.5. The predicted octanol–water partition coefficient (Wildman–Crippen LogP) is 4.55.